The van der Waals surface area contributed by atoms with Gasteiger partial charge in [-0.2, -0.15) is 0 Å². The summed E-state index contributed by atoms with van der Waals surface area (Å²) in [6.07, 6.45) is 2.12. The van der Waals surface area contributed by atoms with Crippen LogP contribution < -0.4 is 4.90 Å². The maximum absolute atomic E-state index is 12.9. The van der Waals surface area contributed by atoms with Crippen LogP contribution in [0.4, 0.5) is 10.5 Å². The molecule has 0 unspecified atom stereocenters. The second-order valence-electron chi connectivity index (χ2n) is 6.64. The molecule has 6 heteroatoms. The number of rotatable bonds is 1. The third kappa shape index (κ3) is 2.65. The lowest BCUT2D eigenvalue weighted by molar-refractivity contribution is -0.120. The van der Waals surface area contributed by atoms with Gasteiger partial charge in [0.2, 0.25) is 5.91 Å². The van der Waals surface area contributed by atoms with Crippen LogP contribution >= 0.6 is 0 Å². The molecule has 6 nitrogen and oxygen atoms in total. The third-order valence-electron chi connectivity index (χ3n) is 5.33. The van der Waals surface area contributed by atoms with Gasteiger partial charge in [-0.05, 0) is 25.0 Å². The summed E-state index contributed by atoms with van der Waals surface area (Å²) in [4.78, 5) is 31.2. The van der Waals surface area contributed by atoms with Crippen LogP contribution in [-0.4, -0.2) is 66.7 Å². The van der Waals surface area contributed by atoms with E-state index < -0.39 is 0 Å². The van der Waals surface area contributed by atoms with E-state index in [1.54, 1.807) is 0 Å². The minimum atomic E-state index is 0.0960. The fraction of sp³-hybridized carbons (Fsp3) is 0.556. The normalized spacial score (nSPS) is 27.3. The number of para-hydroxylation sites is 1. The molecule has 3 aliphatic heterocycles. The second kappa shape index (κ2) is 6.43. The first kappa shape index (κ1) is 15.4. The zero-order valence-corrected chi connectivity index (χ0v) is 13.8. The van der Waals surface area contributed by atoms with E-state index in [0.717, 1.165) is 25.1 Å². The molecule has 24 heavy (non-hydrogen) atoms. The van der Waals surface area contributed by atoms with Gasteiger partial charge in [-0.1, -0.05) is 18.2 Å². The van der Waals surface area contributed by atoms with Gasteiger partial charge in [0.15, 0.2) is 0 Å². The van der Waals surface area contributed by atoms with Crippen LogP contribution in [-0.2, 0) is 9.53 Å². The largest absolute Gasteiger partial charge is 0.378 e. The highest BCUT2D eigenvalue weighted by molar-refractivity contribution is 5.95. The summed E-state index contributed by atoms with van der Waals surface area (Å²) in [6.45, 7) is 3.27. The predicted molar refractivity (Wildman–Crippen MR) is 89.8 cm³/mol. The zero-order chi connectivity index (χ0) is 16.5. The molecule has 0 radical (unpaired) electrons. The molecular formula is C18H23N3O3. The Bertz CT molecular complexity index is 615. The number of piperidine rings is 1. The Morgan fingerprint density at radius 3 is 2.50 bits per heavy atom. The highest BCUT2D eigenvalue weighted by atomic mass is 16.5. The average molecular weight is 329 g/mol. The number of amides is 3. The average Bonchev–Trinajstić information content (AvgIpc) is 3.06. The summed E-state index contributed by atoms with van der Waals surface area (Å²) in [6, 6.07) is 10.2. The molecule has 3 heterocycles. The lowest BCUT2D eigenvalue weighted by atomic mass is 9.95. The zero-order valence-electron chi connectivity index (χ0n) is 13.8. The Morgan fingerprint density at radius 1 is 1.00 bits per heavy atom. The summed E-state index contributed by atoms with van der Waals surface area (Å²) in [7, 11) is 0. The quantitative estimate of drug-likeness (QED) is 0.788. The van der Waals surface area contributed by atoms with Crippen LogP contribution in [0.15, 0.2) is 30.3 Å². The molecule has 3 fully saturated rings. The number of anilines is 1. The van der Waals surface area contributed by atoms with Crippen molar-refractivity contribution in [3.05, 3.63) is 30.3 Å². The van der Waals surface area contributed by atoms with E-state index in [9.17, 15) is 9.59 Å². The van der Waals surface area contributed by atoms with Gasteiger partial charge in [0, 0.05) is 31.7 Å². The monoisotopic (exact) mass is 329 g/mol. The van der Waals surface area contributed by atoms with E-state index in [1.807, 2.05) is 45.0 Å². The molecule has 3 aliphatic rings. The van der Waals surface area contributed by atoms with Gasteiger partial charge in [0.05, 0.1) is 25.3 Å². The van der Waals surface area contributed by atoms with Gasteiger partial charge in [-0.15, -0.1) is 0 Å². The summed E-state index contributed by atoms with van der Waals surface area (Å²) in [5.74, 6) is 0.170. The molecule has 2 atom stereocenters. The SMILES string of the molecule is O=C(N1CCOCC1)N1CC[C@H]2[C@@H]1CCC(=O)N2c1ccccc1. The van der Waals surface area contributed by atoms with Crippen molar-refractivity contribution < 1.29 is 14.3 Å². The molecule has 0 aromatic heterocycles. The Kier molecular flexibility index (Phi) is 4.14. The van der Waals surface area contributed by atoms with Crippen LogP contribution in [0.25, 0.3) is 0 Å². The molecule has 1 aromatic carbocycles. The maximum Gasteiger partial charge on any atom is 0.320 e. The van der Waals surface area contributed by atoms with Crippen LogP contribution in [0.5, 0.6) is 0 Å². The maximum atomic E-state index is 12.9. The standard InChI is InChI=1S/C18H23N3O3/c22-17-7-6-15-16(21(17)14-4-2-1-3-5-14)8-9-20(15)18(23)19-10-12-24-13-11-19/h1-5,15-16H,6-13H2/t15-,16-/m0/s1. The lowest BCUT2D eigenvalue weighted by Crippen LogP contribution is -2.56. The number of ether oxygens (including phenoxy) is 1. The van der Waals surface area contributed by atoms with Gasteiger partial charge in [0.1, 0.15) is 0 Å². The number of hydrogen-bond acceptors (Lipinski definition) is 3. The van der Waals surface area contributed by atoms with E-state index in [4.69, 9.17) is 4.74 Å². The smallest absolute Gasteiger partial charge is 0.320 e. The highest BCUT2D eigenvalue weighted by Gasteiger charge is 2.46. The van der Waals surface area contributed by atoms with E-state index in [-0.39, 0.29) is 24.0 Å². The predicted octanol–water partition coefficient (Wildman–Crippen LogP) is 1.71. The lowest BCUT2D eigenvalue weighted by Gasteiger charge is -2.41. The van der Waals surface area contributed by atoms with E-state index in [2.05, 4.69) is 0 Å². The Morgan fingerprint density at radius 2 is 1.75 bits per heavy atom. The molecule has 0 bridgehead atoms. The van der Waals surface area contributed by atoms with Crippen LogP contribution in [0, 0.1) is 0 Å². The van der Waals surface area contributed by atoms with Gasteiger partial charge < -0.3 is 19.4 Å². The molecule has 128 valence electrons. The van der Waals surface area contributed by atoms with E-state index in [0.29, 0.717) is 32.7 Å². The number of benzene rings is 1. The number of likely N-dealkylation sites (tertiary alicyclic amines) is 1. The number of nitrogens with zero attached hydrogens (tertiary/aromatic N) is 3. The van der Waals surface area contributed by atoms with Gasteiger partial charge in [-0.25, -0.2) is 4.79 Å². The van der Waals surface area contributed by atoms with Crippen molar-refractivity contribution in [3.63, 3.8) is 0 Å². The van der Waals surface area contributed by atoms with Crippen molar-refractivity contribution in [2.75, 3.05) is 37.7 Å². The third-order valence-corrected chi connectivity index (χ3v) is 5.33. The minimum absolute atomic E-state index is 0.0960. The number of fused-ring (bicyclic) bond motifs is 1. The Hall–Kier alpha value is -2.08. The van der Waals surface area contributed by atoms with Crippen molar-refractivity contribution >= 4 is 17.6 Å². The molecular weight excluding hydrogens is 306 g/mol. The van der Waals surface area contributed by atoms with Crippen molar-refractivity contribution in [3.8, 4) is 0 Å². The van der Waals surface area contributed by atoms with Crippen LogP contribution in [0.3, 0.4) is 0 Å². The van der Waals surface area contributed by atoms with Crippen molar-refractivity contribution in [1.82, 2.24) is 9.80 Å². The molecule has 4 rings (SSSR count). The van der Waals surface area contributed by atoms with Gasteiger partial charge in [0.25, 0.3) is 0 Å². The molecule has 3 saturated heterocycles. The molecule has 0 saturated carbocycles. The number of hydrogen-bond donors (Lipinski definition) is 0. The molecule has 3 amide bonds. The van der Waals surface area contributed by atoms with Crippen LogP contribution in [0.2, 0.25) is 0 Å². The summed E-state index contributed by atoms with van der Waals surface area (Å²) in [5, 5.41) is 0. The minimum Gasteiger partial charge on any atom is -0.378 e. The first-order valence-electron chi connectivity index (χ1n) is 8.76. The fourth-order valence-corrected chi connectivity index (χ4v) is 4.16. The van der Waals surface area contributed by atoms with Crippen molar-refractivity contribution in [2.24, 2.45) is 0 Å². The number of carbonyl (C=O) groups is 2. The van der Waals surface area contributed by atoms with Crippen LogP contribution in [0.1, 0.15) is 19.3 Å². The Labute approximate surface area is 142 Å². The molecule has 0 aliphatic carbocycles. The van der Waals surface area contributed by atoms with Crippen molar-refractivity contribution in [2.45, 2.75) is 31.3 Å². The summed E-state index contributed by atoms with van der Waals surface area (Å²) >= 11 is 0. The fourth-order valence-electron chi connectivity index (χ4n) is 4.16. The van der Waals surface area contributed by atoms with Gasteiger partial charge in [-0.3, -0.25) is 4.79 Å². The van der Waals surface area contributed by atoms with Crippen molar-refractivity contribution in [1.29, 1.82) is 0 Å². The van der Waals surface area contributed by atoms with E-state index in [1.165, 1.54) is 0 Å². The highest BCUT2D eigenvalue weighted by Crippen LogP contribution is 2.35. The topological polar surface area (TPSA) is 53.1 Å². The first-order valence-corrected chi connectivity index (χ1v) is 8.76. The van der Waals surface area contributed by atoms with E-state index >= 15 is 0 Å². The van der Waals surface area contributed by atoms with Gasteiger partial charge >= 0.3 is 6.03 Å². The number of morpholine rings is 1. The second-order valence-corrected chi connectivity index (χ2v) is 6.64. The molecule has 0 N–H and O–H groups in total. The summed E-state index contributed by atoms with van der Waals surface area (Å²) in [5.41, 5.74) is 0.942. The number of carbonyl (C=O) groups excluding carboxylic acids is 2. The summed E-state index contributed by atoms with van der Waals surface area (Å²) < 4.78 is 5.34. The molecule has 0 spiro atoms. The first-order chi connectivity index (χ1) is 11.8. The Balaban J connectivity index is 1.54. The number of urea groups is 1. The molecule has 1 aromatic rings.